The van der Waals surface area contributed by atoms with Crippen LogP contribution < -0.4 is 10.1 Å². The van der Waals surface area contributed by atoms with Crippen molar-refractivity contribution in [3.05, 3.63) is 11.8 Å². The minimum Gasteiger partial charge on any atom is -0.478 e. The fraction of sp³-hybridized carbons (Fsp3) is 0.583. The molecule has 18 heavy (non-hydrogen) atoms. The number of anilines is 1. The highest BCUT2D eigenvalue weighted by Crippen LogP contribution is 2.12. The van der Waals surface area contributed by atoms with Gasteiger partial charge in [0.1, 0.15) is 6.04 Å². The van der Waals surface area contributed by atoms with Gasteiger partial charge in [0, 0.05) is 25.9 Å². The molecule has 0 bridgehead atoms. The summed E-state index contributed by atoms with van der Waals surface area (Å²) >= 11 is 0. The molecule has 0 aromatic carbocycles. The quantitative estimate of drug-likeness (QED) is 0.849. The van der Waals surface area contributed by atoms with Crippen LogP contribution in [0.25, 0.3) is 0 Å². The van der Waals surface area contributed by atoms with E-state index in [0.29, 0.717) is 18.4 Å². The fourth-order valence-electron chi connectivity index (χ4n) is 1.47. The Kier molecular flexibility index (Phi) is 4.88. The lowest BCUT2D eigenvalue weighted by Crippen LogP contribution is -2.37. The molecule has 1 N–H and O–H groups in total. The van der Waals surface area contributed by atoms with E-state index in [9.17, 15) is 4.79 Å². The Bertz CT molecular complexity index is 421. The molecule has 1 heterocycles. The van der Waals surface area contributed by atoms with E-state index in [2.05, 4.69) is 15.3 Å². The Morgan fingerprint density at radius 2 is 2.17 bits per heavy atom. The van der Waals surface area contributed by atoms with Crippen LogP contribution in [0.2, 0.25) is 0 Å². The van der Waals surface area contributed by atoms with Crippen LogP contribution in [0.3, 0.4) is 0 Å². The van der Waals surface area contributed by atoms with Gasteiger partial charge in [-0.2, -0.15) is 4.98 Å². The van der Waals surface area contributed by atoms with Crippen LogP contribution in [0.5, 0.6) is 5.88 Å². The van der Waals surface area contributed by atoms with Gasteiger partial charge >= 0.3 is 0 Å². The first-order valence-electron chi connectivity index (χ1n) is 5.90. The zero-order valence-electron chi connectivity index (χ0n) is 11.5. The van der Waals surface area contributed by atoms with E-state index < -0.39 is 0 Å². The van der Waals surface area contributed by atoms with Crippen LogP contribution in [-0.4, -0.2) is 47.5 Å². The van der Waals surface area contributed by atoms with Gasteiger partial charge < -0.3 is 15.0 Å². The molecule has 0 fully saturated rings. The summed E-state index contributed by atoms with van der Waals surface area (Å²) in [6.45, 7) is 6.06. The molecule has 0 saturated heterocycles. The summed E-state index contributed by atoms with van der Waals surface area (Å²) in [5.74, 6) is 0.885. The molecule has 1 atom stereocenters. The normalized spacial score (nSPS) is 11.8. The minimum absolute atomic E-state index is 0.0296. The molecule has 0 aliphatic heterocycles. The maximum Gasteiger partial charge on any atom is 0.244 e. The number of nitrogens with zero attached hydrogens (tertiary/aromatic N) is 3. The molecule has 1 rings (SSSR count). The predicted octanol–water partition coefficient (Wildman–Crippen LogP) is 1.07. The second kappa shape index (κ2) is 6.18. The van der Waals surface area contributed by atoms with E-state index in [0.717, 1.165) is 5.69 Å². The van der Waals surface area contributed by atoms with Gasteiger partial charge in [-0.3, -0.25) is 4.79 Å². The van der Waals surface area contributed by atoms with Crippen LogP contribution in [0.4, 0.5) is 5.95 Å². The van der Waals surface area contributed by atoms with Crippen LogP contribution in [0.15, 0.2) is 6.07 Å². The molecule has 6 heteroatoms. The standard InChI is InChI=1S/C12H20N4O2/c1-6-18-10-7-8(2)13-12(15-10)14-9(3)11(17)16(4)5/h7,9H,6H2,1-5H3,(H,13,14,15). The second-order valence-electron chi connectivity index (χ2n) is 4.20. The monoisotopic (exact) mass is 252 g/mol. The SMILES string of the molecule is CCOc1cc(C)nc(NC(C)C(=O)N(C)C)n1. The highest BCUT2D eigenvalue weighted by molar-refractivity contribution is 5.83. The Hall–Kier alpha value is -1.85. The maximum absolute atomic E-state index is 11.7. The third-order valence-corrected chi connectivity index (χ3v) is 2.28. The van der Waals surface area contributed by atoms with Crippen LogP contribution in [0, 0.1) is 6.92 Å². The van der Waals surface area contributed by atoms with Crippen molar-refractivity contribution in [2.24, 2.45) is 0 Å². The lowest BCUT2D eigenvalue weighted by molar-refractivity contribution is -0.129. The van der Waals surface area contributed by atoms with Gasteiger partial charge in [-0.15, -0.1) is 0 Å². The third-order valence-electron chi connectivity index (χ3n) is 2.28. The van der Waals surface area contributed by atoms with E-state index in [1.165, 1.54) is 4.90 Å². The largest absolute Gasteiger partial charge is 0.478 e. The van der Waals surface area contributed by atoms with Crippen molar-refractivity contribution in [1.82, 2.24) is 14.9 Å². The van der Waals surface area contributed by atoms with Gasteiger partial charge in [-0.05, 0) is 20.8 Å². The predicted molar refractivity (Wildman–Crippen MR) is 69.7 cm³/mol. The molecular weight excluding hydrogens is 232 g/mol. The third kappa shape index (κ3) is 3.87. The summed E-state index contributed by atoms with van der Waals surface area (Å²) in [4.78, 5) is 21.7. The van der Waals surface area contributed by atoms with Gasteiger partial charge in [-0.1, -0.05) is 0 Å². The molecule has 0 aliphatic rings. The topological polar surface area (TPSA) is 67.3 Å². The number of likely N-dealkylation sites (N-methyl/N-ethyl adjacent to an activating group) is 1. The van der Waals surface area contributed by atoms with Gasteiger partial charge in [-0.25, -0.2) is 4.98 Å². The molecule has 1 unspecified atom stereocenters. The van der Waals surface area contributed by atoms with Gasteiger partial charge in [0.15, 0.2) is 0 Å². The van der Waals surface area contributed by atoms with E-state index >= 15 is 0 Å². The molecule has 1 amide bonds. The van der Waals surface area contributed by atoms with Crippen molar-refractivity contribution in [1.29, 1.82) is 0 Å². The number of aryl methyl sites for hydroxylation is 1. The molecular formula is C12H20N4O2. The molecule has 1 aromatic rings. The van der Waals surface area contributed by atoms with E-state index in [-0.39, 0.29) is 11.9 Å². The number of carbonyl (C=O) groups excluding carboxylic acids is 1. The van der Waals surface area contributed by atoms with E-state index in [1.807, 2.05) is 13.8 Å². The lowest BCUT2D eigenvalue weighted by atomic mass is 10.3. The number of carbonyl (C=O) groups is 1. The van der Waals surface area contributed by atoms with Gasteiger partial charge in [0.05, 0.1) is 6.61 Å². The first-order valence-corrected chi connectivity index (χ1v) is 5.90. The molecule has 100 valence electrons. The summed E-state index contributed by atoms with van der Waals surface area (Å²) in [6.07, 6.45) is 0. The Balaban J connectivity index is 2.80. The highest BCUT2D eigenvalue weighted by atomic mass is 16.5. The highest BCUT2D eigenvalue weighted by Gasteiger charge is 2.16. The molecule has 6 nitrogen and oxygen atoms in total. The first-order chi connectivity index (χ1) is 8.43. The Labute approximate surface area is 107 Å². The van der Waals surface area contributed by atoms with Crippen molar-refractivity contribution in [2.75, 3.05) is 26.0 Å². The Morgan fingerprint density at radius 3 is 2.72 bits per heavy atom. The lowest BCUT2D eigenvalue weighted by Gasteiger charge is -2.18. The number of ether oxygens (including phenoxy) is 1. The van der Waals surface area contributed by atoms with Gasteiger partial charge in [0.25, 0.3) is 0 Å². The molecule has 0 saturated carbocycles. The zero-order valence-corrected chi connectivity index (χ0v) is 11.5. The smallest absolute Gasteiger partial charge is 0.244 e. The number of aromatic nitrogens is 2. The van der Waals surface area contributed by atoms with Crippen molar-refractivity contribution >= 4 is 11.9 Å². The van der Waals surface area contributed by atoms with Crippen LogP contribution in [-0.2, 0) is 4.79 Å². The van der Waals surface area contributed by atoms with Crippen molar-refractivity contribution in [3.63, 3.8) is 0 Å². The summed E-state index contributed by atoms with van der Waals surface area (Å²) < 4.78 is 5.33. The van der Waals surface area contributed by atoms with Crippen LogP contribution >= 0.6 is 0 Å². The summed E-state index contributed by atoms with van der Waals surface area (Å²) in [5.41, 5.74) is 0.792. The number of rotatable bonds is 5. The summed E-state index contributed by atoms with van der Waals surface area (Å²) in [5, 5.41) is 2.97. The van der Waals surface area contributed by atoms with Crippen molar-refractivity contribution in [3.8, 4) is 5.88 Å². The van der Waals surface area contributed by atoms with E-state index in [1.54, 1.807) is 27.1 Å². The number of amides is 1. The van der Waals surface area contributed by atoms with Crippen LogP contribution in [0.1, 0.15) is 19.5 Å². The fourth-order valence-corrected chi connectivity index (χ4v) is 1.47. The average Bonchev–Trinajstić information content (AvgIpc) is 2.27. The number of hydrogen-bond acceptors (Lipinski definition) is 5. The number of nitrogens with one attached hydrogen (secondary N) is 1. The van der Waals surface area contributed by atoms with E-state index in [4.69, 9.17) is 4.74 Å². The zero-order chi connectivity index (χ0) is 13.7. The second-order valence-corrected chi connectivity index (χ2v) is 4.20. The first kappa shape index (κ1) is 14.2. The molecule has 0 aliphatic carbocycles. The molecule has 0 spiro atoms. The molecule has 0 radical (unpaired) electrons. The minimum atomic E-state index is -0.378. The summed E-state index contributed by atoms with van der Waals surface area (Å²) in [7, 11) is 3.42. The Morgan fingerprint density at radius 1 is 1.50 bits per heavy atom. The van der Waals surface area contributed by atoms with Crippen molar-refractivity contribution < 1.29 is 9.53 Å². The number of hydrogen-bond donors (Lipinski definition) is 1. The maximum atomic E-state index is 11.7. The summed E-state index contributed by atoms with van der Waals surface area (Å²) in [6, 6.07) is 1.38. The molecule has 1 aromatic heterocycles. The van der Waals surface area contributed by atoms with Crippen molar-refractivity contribution in [2.45, 2.75) is 26.8 Å². The average molecular weight is 252 g/mol. The van der Waals surface area contributed by atoms with Gasteiger partial charge in [0.2, 0.25) is 17.7 Å².